The van der Waals surface area contributed by atoms with E-state index in [1.54, 1.807) is 12.1 Å². The molecule has 1 aliphatic rings. The van der Waals surface area contributed by atoms with Crippen LogP contribution in [0.3, 0.4) is 0 Å². The molecule has 1 heterocycles. The number of benzene rings is 1. The van der Waals surface area contributed by atoms with Gasteiger partial charge in [-0.3, -0.25) is 4.79 Å². The van der Waals surface area contributed by atoms with Gasteiger partial charge in [0.05, 0.1) is 12.1 Å². The van der Waals surface area contributed by atoms with Gasteiger partial charge in [0, 0.05) is 18.2 Å². The van der Waals surface area contributed by atoms with Crippen molar-refractivity contribution in [2.75, 3.05) is 6.54 Å². The number of rotatable bonds is 3. The Balaban J connectivity index is 2.09. The zero-order valence-electron chi connectivity index (χ0n) is 9.89. The Morgan fingerprint density at radius 1 is 1.47 bits per heavy atom. The SMILES string of the molecule is C[C@H](N)c1ccc(C(=O)[C@@H]2C[C@@H](O)CN2)cc1. The number of aliphatic hydroxyl groups excluding tert-OH is 1. The summed E-state index contributed by atoms with van der Waals surface area (Å²) in [7, 11) is 0. The Kier molecular flexibility index (Phi) is 3.57. The Morgan fingerprint density at radius 3 is 2.59 bits per heavy atom. The summed E-state index contributed by atoms with van der Waals surface area (Å²) in [5.74, 6) is 0.0396. The Bertz CT molecular complexity index is 400. The van der Waals surface area contributed by atoms with Crippen LogP contribution in [0.15, 0.2) is 24.3 Å². The fourth-order valence-electron chi connectivity index (χ4n) is 2.07. The highest BCUT2D eigenvalue weighted by atomic mass is 16.3. The maximum atomic E-state index is 12.1. The summed E-state index contributed by atoms with van der Waals surface area (Å²) in [5, 5.41) is 12.4. The number of aliphatic hydroxyl groups is 1. The van der Waals surface area contributed by atoms with Crippen molar-refractivity contribution in [3.63, 3.8) is 0 Å². The number of nitrogens with two attached hydrogens (primary N) is 1. The second-order valence-corrected chi connectivity index (χ2v) is 4.63. The Hall–Kier alpha value is -1.23. The van der Waals surface area contributed by atoms with Gasteiger partial charge in [-0.25, -0.2) is 0 Å². The average molecular weight is 234 g/mol. The van der Waals surface area contributed by atoms with Crippen molar-refractivity contribution in [3.8, 4) is 0 Å². The van der Waals surface area contributed by atoms with Gasteiger partial charge in [0.2, 0.25) is 0 Å². The minimum Gasteiger partial charge on any atom is -0.392 e. The third-order valence-corrected chi connectivity index (χ3v) is 3.15. The highest BCUT2D eigenvalue weighted by Crippen LogP contribution is 2.15. The maximum Gasteiger partial charge on any atom is 0.179 e. The quantitative estimate of drug-likeness (QED) is 0.670. The lowest BCUT2D eigenvalue weighted by molar-refractivity contribution is 0.0942. The molecule has 1 aromatic rings. The molecule has 1 saturated heterocycles. The predicted octanol–water partition coefficient (Wildman–Crippen LogP) is 0.612. The molecule has 4 heteroatoms. The molecule has 17 heavy (non-hydrogen) atoms. The average Bonchev–Trinajstić information content (AvgIpc) is 2.75. The van der Waals surface area contributed by atoms with Crippen molar-refractivity contribution in [1.82, 2.24) is 5.32 Å². The van der Waals surface area contributed by atoms with Crippen LogP contribution in [0.4, 0.5) is 0 Å². The van der Waals surface area contributed by atoms with E-state index in [1.807, 2.05) is 19.1 Å². The van der Waals surface area contributed by atoms with E-state index in [2.05, 4.69) is 5.32 Å². The largest absolute Gasteiger partial charge is 0.392 e. The minimum absolute atomic E-state index is 0.0226. The highest BCUT2D eigenvalue weighted by molar-refractivity contribution is 6.00. The van der Waals surface area contributed by atoms with E-state index in [-0.39, 0.29) is 17.9 Å². The molecular weight excluding hydrogens is 216 g/mol. The van der Waals surface area contributed by atoms with Gasteiger partial charge in [0.15, 0.2) is 5.78 Å². The predicted molar refractivity (Wildman–Crippen MR) is 65.8 cm³/mol. The van der Waals surface area contributed by atoms with E-state index in [0.717, 1.165) is 5.56 Å². The number of Topliss-reactive ketones (excluding diaryl/α,β-unsaturated/α-hetero) is 1. The van der Waals surface area contributed by atoms with Gasteiger partial charge in [-0.2, -0.15) is 0 Å². The van der Waals surface area contributed by atoms with Crippen LogP contribution in [0.25, 0.3) is 0 Å². The second-order valence-electron chi connectivity index (χ2n) is 4.63. The fourth-order valence-corrected chi connectivity index (χ4v) is 2.07. The fraction of sp³-hybridized carbons (Fsp3) is 0.462. The summed E-state index contributed by atoms with van der Waals surface area (Å²) < 4.78 is 0. The summed E-state index contributed by atoms with van der Waals surface area (Å²) in [6.45, 7) is 2.40. The molecule has 0 saturated carbocycles. The first kappa shape index (κ1) is 12.2. The third kappa shape index (κ3) is 2.72. The molecule has 3 atom stereocenters. The van der Waals surface area contributed by atoms with E-state index in [4.69, 9.17) is 5.73 Å². The van der Waals surface area contributed by atoms with E-state index in [9.17, 15) is 9.90 Å². The van der Waals surface area contributed by atoms with Crippen LogP contribution >= 0.6 is 0 Å². The lowest BCUT2D eigenvalue weighted by atomic mass is 10.00. The van der Waals surface area contributed by atoms with Gasteiger partial charge in [-0.1, -0.05) is 24.3 Å². The molecule has 0 spiro atoms. The topological polar surface area (TPSA) is 75.4 Å². The van der Waals surface area contributed by atoms with Gasteiger partial charge in [0.1, 0.15) is 0 Å². The van der Waals surface area contributed by atoms with Crippen LogP contribution in [-0.2, 0) is 0 Å². The summed E-state index contributed by atoms with van der Waals surface area (Å²) in [6.07, 6.45) is 0.0840. The third-order valence-electron chi connectivity index (χ3n) is 3.15. The normalized spacial score (nSPS) is 25.8. The van der Waals surface area contributed by atoms with Gasteiger partial charge >= 0.3 is 0 Å². The van der Waals surface area contributed by atoms with Crippen LogP contribution in [0.5, 0.6) is 0 Å². The van der Waals surface area contributed by atoms with Crippen molar-refractivity contribution in [2.45, 2.75) is 31.5 Å². The zero-order valence-corrected chi connectivity index (χ0v) is 9.89. The molecule has 0 unspecified atom stereocenters. The van der Waals surface area contributed by atoms with Crippen molar-refractivity contribution < 1.29 is 9.90 Å². The zero-order chi connectivity index (χ0) is 12.4. The molecular formula is C13H18N2O2. The number of nitrogens with one attached hydrogen (secondary N) is 1. The molecule has 0 aliphatic carbocycles. The van der Waals surface area contributed by atoms with Gasteiger partial charge in [0.25, 0.3) is 0 Å². The van der Waals surface area contributed by atoms with Gasteiger partial charge in [-0.15, -0.1) is 0 Å². The summed E-state index contributed by atoms with van der Waals surface area (Å²) in [4.78, 5) is 12.1. The van der Waals surface area contributed by atoms with Crippen LogP contribution in [-0.4, -0.2) is 29.6 Å². The lowest BCUT2D eigenvalue weighted by Crippen LogP contribution is -2.30. The molecule has 0 radical (unpaired) electrons. The Morgan fingerprint density at radius 2 is 2.12 bits per heavy atom. The highest BCUT2D eigenvalue weighted by Gasteiger charge is 2.28. The molecule has 2 rings (SSSR count). The van der Waals surface area contributed by atoms with Crippen LogP contribution in [0, 0.1) is 0 Å². The van der Waals surface area contributed by atoms with Crippen LogP contribution in [0.2, 0.25) is 0 Å². The molecule has 4 nitrogen and oxygen atoms in total. The standard InChI is InChI=1S/C13H18N2O2/c1-8(14)9-2-4-10(5-3-9)13(17)12-6-11(16)7-15-12/h2-5,8,11-12,15-16H,6-7,14H2,1H3/t8-,11+,12-/m0/s1. The minimum atomic E-state index is -0.410. The van der Waals surface area contributed by atoms with Crippen LogP contribution in [0.1, 0.15) is 35.3 Å². The van der Waals surface area contributed by atoms with E-state index in [1.165, 1.54) is 0 Å². The van der Waals surface area contributed by atoms with E-state index in [0.29, 0.717) is 18.5 Å². The van der Waals surface area contributed by atoms with Crippen molar-refractivity contribution >= 4 is 5.78 Å². The molecule has 92 valence electrons. The Labute approximate surface area is 101 Å². The van der Waals surface area contributed by atoms with Crippen molar-refractivity contribution in [1.29, 1.82) is 0 Å². The number of hydrogen-bond acceptors (Lipinski definition) is 4. The van der Waals surface area contributed by atoms with Crippen molar-refractivity contribution in [2.24, 2.45) is 5.73 Å². The molecule has 1 aliphatic heterocycles. The van der Waals surface area contributed by atoms with Gasteiger partial charge < -0.3 is 16.2 Å². The summed E-state index contributed by atoms with van der Waals surface area (Å²) in [5.41, 5.74) is 7.43. The number of hydrogen-bond donors (Lipinski definition) is 3. The monoisotopic (exact) mass is 234 g/mol. The number of carbonyl (C=O) groups excluding carboxylic acids is 1. The first-order chi connectivity index (χ1) is 8.08. The number of β-amino-alcohol motifs (C(OH)–C–C–N with tert-alkyl or cyclic N) is 1. The maximum absolute atomic E-state index is 12.1. The second kappa shape index (κ2) is 4.96. The lowest BCUT2D eigenvalue weighted by Gasteiger charge is -2.10. The molecule has 0 amide bonds. The molecule has 1 aromatic carbocycles. The summed E-state index contributed by atoms with van der Waals surface area (Å²) >= 11 is 0. The summed E-state index contributed by atoms with van der Waals surface area (Å²) in [6, 6.07) is 7.07. The molecule has 0 bridgehead atoms. The number of ketones is 1. The van der Waals surface area contributed by atoms with Crippen LogP contribution < -0.4 is 11.1 Å². The first-order valence-corrected chi connectivity index (χ1v) is 5.89. The van der Waals surface area contributed by atoms with Gasteiger partial charge in [-0.05, 0) is 18.9 Å². The molecule has 0 aromatic heterocycles. The molecule has 4 N–H and O–H groups in total. The first-order valence-electron chi connectivity index (χ1n) is 5.89. The number of carbonyl (C=O) groups is 1. The van der Waals surface area contributed by atoms with E-state index < -0.39 is 6.10 Å². The van der Waals surface area contributed by atoms with E-state index >= 15 is 0 Å². The smallest absolute Gasteiger partial charge is 0.179 e. The van der Waals surface area contributed by atoms with Crippen molar-refractivity contribution in [3.05, 3.63) is 35.4 Å². The molecule has 1 fully saturated rings.